The van der Waals surface area contributed by atoms with Gasteiger partial charge < -0.3 is 4.90 Å². The lowest BCUT2D eigenvalue weighted by atomic mass is 10.1. The Balaban J connectivity index is 1.96. The van der Waals surface area contributed by atoms with E-state index in [2.05, 4.69) is 26.0 Å². The Morgan fingerprint density at radius 2 is 1.64 bits per heavy atom. The van der Waals surface area contributed by atoms with E-state index < -0.39 is 10.2 Å². The Kier molecular flexibility index (Phi) is 8.80. The molecule has 1 aromatic carbocycles. The molecule has 1 heterocycles. The number of rotatable bonds is 9. The van der Waals surface area contributed by atoms with E-state index in [9.17, 15) is 13.2 Å². The van der Waals surface area contributed by atoms with Crippen molar-refractivity contribution in [3.05, 3.63) is 35.9 Å². The monoisotopic (exact) mass is 427 g/mol. The average Bonchev–Trinajstić information content (AvgIpc) is 2.69. The molecule has 28 heavy (non-hydrogen) atoms. The molecule has 1 unspecified atom stereocenters. The van der Waals surface area contributed by atoms with E-state index in [-0.39, 0.29) is 17.1 Å². The third-order valence-electron chi connectivity index (χ3n) is 5.03. The second-order valence-electron chi connectivity index (χ2n) is 7.28. The van der Waals surface area contributed by atoms with Crippen LogP contribution in [0.3, 0.4) is 0 Å². The molecule has 0 N–H and O–H groups in total. The molecule has 1 aliphatic rings. The summed E-state index contributed by atoms with van der Waals surface area (Å²) in [5, 5.41) is -0.119. The first-order valence-corrected chi connectivity index (χ1v) is 12.4. The Morgan fingerprint density at radius 3 is 2.14 bits per heavy atom. The molecule has 0 aliphatic carbocycles. The molecule has 1 saturated heterocycles. The quantitative estimate of drug-likeness (QED) is 0.608. The van der Waals surface area contributed by atoms with Gasteiger partial charge in [-0.05, 0) is 11.5 Å². The van der Waals surface area contributed by atoms with Crippen LogP contribution in [-0.2, 0) is 20.8 Å². The number of thioether (sulfide) groups is 1. The van der Waals surface area contributed by atoms with Crippen LogP contribution in [0.2, 0.25) is 0 Å². The second kappa shape index (κ2) is 10.6. The molecular formula is C20H33N3O3S2. The Labute approximate surface area is 174 Å². The van der Waals surface area contributed by atoms with Gasteiger partial charge in [0.1, 0.15) is 0 Å². The fraction of sp³-hybridized carbons (Fsp3) is 0.650. The van der Waals surface area contributed by atoms with Crippen LogP contribution >= 0.6 is 11.8 Å². The fourth-order valence-corrected chi connectivity index (χ4v) is 6.19. The van der Waals surface area contributed by atoms with Crippen LogP contribution < -0.4 is 0 Å². The lowest BCUT2D eigenvalue weighted by Crippen LogP contribution is -2.55. The SMILES string of the molecule is CCN(CC)S(=O)(=O)N1CCN(C(=O)C(SCc2ccccc2)C(C)C)CC1. The van der Waals surface area contributed by atoms with Crippen molar-refractivity contribution in [3.8, 4) is 0 Å². The topological polar surface area (TPSA) is 60.9 Å². The van der Waals surface area contributed by atoms with Gasteiger partial charge in [-0.3, -0.25) is 4.79 Å². The van der Waals surface area contributed by atoms with Gasteiger partial charge in [0.2, 0.25) is 5.91 Å². The van der Waals surface area contributed by atoms with Gasteiger partial charge in [0.15, 0.2) is 0 Å². The lowest BCUT2D eigenvalue weighted by molar-refractivity contribution is -0.132. The Bertz CT molecular complexity index is 713. The number of benzene rings is 1. The third kappa shape index (κ3) is 5.72. The molecule has 6 nitrogen and oxygen atoms in total. The highest BCUT2D eigenvalue weighted by Gasteiger charge is 2.34. The highest BCUT2D eigenvalue weighted by molar-refractivity contribution is 7.99. The van der Waals surface area contributed by atoms with Crippen molar-refractivity contribution >= 4 is 27.9 Å². The van der Waals surface area contributed by atoms with Crippen molar-refractivity contribution in [2.24, 2.45) is 5.92 Å². The molecule has 1 aliphatic heterocycles. The van der Waals surface area contributed by atoms with Gasteiger partial charge in [-0.15, -0.1) is 11.8 Å². The highest BCUT2D eigenvalue weighted by atomic mass is 32.2. The van der Waals surface area contributed by atoms with Gasteiger partial charge in [-0.2, -0.15) is 17.0 Å². The molecule has 1 amide bonds. The van der Waals surface area contributed by atoms with E-state index in [1.54, 1.807) is 11.8 Å². The Hall–Kier alpha value is -1.09. The predicted molar refractivity (Wildman–Crippen MR) is 116 cm³/mol. The summed E-state index contributed by atoms with van der Waals surface area (Å²) in [7, 11) is -3.43. The summed E-state index contributed by atoms with van der Waals surface area (Å²) >= 11 is 1.67. The Morgan fingerprint density at radius 1 is 1.07 bits per heavy atom. The highest BCUT2D eigenvalue weighted by Crippen LogP contribution is 2.26. The molecule has 0 saturated carbocycles. The maximum absolute atomic E-state index is 13.1. The average molecular weight is 428 g/mol. The van der Waals surface area contributed by atoms with E-state index in [1.807, 2.05) is 36.9 Å². The molecule has 0 spiro atoms. The maximum Gasteiger partial charge on any atom is 0.282 e. The molecule has 0 aromatic heterocycles. The minimum Gasteiger partial charge on any atom is -0.339 e. The van der Waals surface area contributed by atoms with Gasteiger partial charge in [0.05, 0.1) is 5.25 Å². The normalized spacial score (nSPS) is 17.3. The van der Waals surface area contributed by atoms with Crippen LogP contribution in [0.5, 0.6) is 0 Å². The van der Waals surface area contributed by atoms with E-state index in [4.69, 9.17) is 0 Å². The summed E-state index contributed by atoms with van der Waals surface area (Å²) in [6.07, 6.45) is 0. The first-order valence-electron chi connectivity index (χ1n) is 10.0. The van der Waals surface area contributed by atoms with Crippen LogP contribution in [-0.4, -0.2) is 72.4 Å². The largest absolute Gasteiger partial charge is 0.339 e. The number of nitrogens with zero attached hydrogens (tertiary/aromatic N) is 3. The zero-order valence-corrected chi connectivity index (χ0v) is 19.0. The molecular weight excluding hydrogens is 394 g/mol. The van der Waals surface area contributed by atoms with Gasteiger partial charge in [0, 0.05) is 45.0 Å². The van der Waals surface area contributed by atoms with E-state index in [0.717, 1.165) is 5.75 Å². The first-order chi connectivity index (χ1) is 13.3. The van der Waals surface area contributed by atoms with Crippen molar-refractivity contribution < 1.29 is 13.2 Å². The summed E-state index contributed by atoms with van der Waals surface area (Å²) in [5.41, 5.74) is 1.21. The summed E-state index contributed by atoms with van der Waals surface area (Å²) in [4.78, 5) is 14.9. The van der Waals surface area contributed by atoms with Crippen LogP contribution in [0.4, 0.5) is 0 Å². The van der Waals surface area contributed by atoms with Crippen molar-refractivity contribution in [1.82, 2.24) is 13.5 Å². The third-order valence-corrected chi connectivity index (χ3v) is 8.82. The van der Waals surface area contributed by atoms with Crippen LogP contribution in [0.1, 0.15) is 33.3 Å². The molecule has 8 heteroatoms. The van der Waals surface area contributed by atoms with E-state index in [1.165, 1.54) is 14.2 Å². The zero-order chi connectivity index (χ0) is 20.7. The summed E-state index contributed by atoms with van der Waals surface area (Å²) in [5.74, 6) is 1.14. The van der Waals surface area contributed by atoms with Crippen molar-refractivity contribution in [2.75, 3.05) is 39.3 Å². The summed E-state index contributed by atoms with van der Waals surface area (Å²) < 4.78 is 28.3. The summed E-state index contributed by atoms with van der Waals surface area (Å²) in [6, 6.07) is 10.2. The standard InChI is InChI=1S/C20H33N3O3S2/c1-5-22(6-2)28(25,26)23-14-12-21(13-15-23)20(24)19(17(3)4)27-16-18-10-8-7-9-11-18/h7-11,17,19H,5-6,12-16H2,1-4H3. The van der Waals surface area contributed by atoms with Crippen molar-refractivity contribution in [1.29, 1.82) is 0 Å². The predicted octanol–water partition coefficient (Wildman–Crippen LogP) is 2.68. The maximum atomic E-state index is 13.1. The smallest absolute Gasteiger partial charge is 0.282 e. The fourth-order valence-electron chi connectivity index (χ4n) is 3.34. The molecule has 0 radical (unpaired) electrons. The summed E-state index contributed by atoms with van der Waals surface area (Å²) in [6.45, 7) is 10.4. The minimum absolute atomic E-state index is 0.119. The van der Waals surface area contributed by atoms with Crippen LogP contribution in [0.15, 0.2) is 30.3 Å². The van der Waals surface area contributed by atoms with Crippen molar-refractivity contribution in [3.63, 3.8) is 0 Å². The van der Waals surface area contributed by atoms with Gasteiger partial charge in [-0.1, -0.05) is 58.0 Å². The minimum atomic E-state index is -3.43. The van der Waals surface area contributed by atoms with Gasteiger partial charge >= 0.3 is 0 Å². The van der Waals surface area contributed by atoms with Crippen molar-refractivity contribution in [2.45, 2.75) is 38.7 Å². The number of piperazine rings is 1. The second-order valence-corrected chi connectivity index (χ2v) is 10.3. The molecule has 158 valence electrons. The number of carbonyl (C=O) groups excluding carboxylic acids is 1. The molecule has 1 atom stereocenters. The van der Waals surface area contributed by atoms with Gasteiger partial charge in [-0.25, -0.2) is 0 Å². The lowest BCUT2D eigenvalue weighted by Gasteiger charge is -2.38. The number of hydrogen-bond acceptors (Lipinski definition) is 4. The molecule has 0 bridgehead atoms. The number of amides is 1. The van der Waals surface area contributed by atoms with E-state index in [0.29, 0.717) is 39.3 Å². The molecule has 1 fully saturated rings. The molecule has 2 rings (SSSR count). The van der Waals surface area contributed by atoms with Gasteiger partial charge in [0.25, 0.3) is 10.2 Å². The van der Waals surface area contributed by atoms with Crippen LogP contribution in [0.25, 0.3) is 0 Å². The molecule has 1 aromatic rings. The zero-order valence-electron chi connectivity index (χ0n) is 17.4. The number of carbonyl (C=O) groups is 1. The van der Waals surface area contributed by atoms with E-state index >= 15 is 0 Å². The first kappa shape index (κ1) is 23.2. The number of hydrogen-bond donors (Lipinski definition) is 0. The van der Waals surface area contributed by atoms with Crippen LogP contribution in [0, 0.1) is 5.92 Å².